The van der Waals surface area contributed by atoms with Crippen LogP contribution >= 0.6 is 0 Å². The zero-order valence-electron chi connectivity index (χ0n) is 18.2. The maximum Gasteiger partial charge on any atom is 0.0575 e. The maximum absolute atomic E-state index is 6.19. The van der Waals surface area contributed by atoms with Crippen molar-refractivity contribution in [2.75, 3.05) is 6.61 Å². The van der Waals surface area contributed by atoms with Crippen LogP contribution in [0.4, 0.5) is 0 Å². The number of unbranched alkanes of at least 4 members (excludes halogenated alkanes) is 9. The summed E-state index contributed by atoms with van der Waals surface area (Å²) in [6, 6.07) is 9.46. The summed E-state index contributed by atoms with van der Waals surface area (Å²) in [6.45, 7) is 5.50. The lowest BCUT2D eigenvalue weighted by atomic mass is 9.89. The van der Waals surface area contributed by atoms with E-state index in [1.54, 1.807) is 0 Å². The van der Waals surface area contributed by atoms with Crippen LogP contribution in [0, 0.1) is 0 Å². The fourth-order valence-electron chi connectivity index (χ4n) is 4.34. The van der Waals surface area contributed by atoms with Gasteiger partial charge in [0.1, 0.15) is 0 Å². The largest absolute Gasteiger partial charge is 0.378 e. The van der Waals surface area contributed by atoms with Crippen molar-refractivity contribution >= 4 is 0 Å². The molecule has 0 bridgehead atoms. The highest BCUT2D eigenvalue weighted by Crippen LogP contribution is 2.30. The normalized spacial score (nSPS) is 20.1. The Kier molecular flexibility index (Phi) is 11.8. The SMILES string of the molecule is CCCCCCCCc1ccc(C2CCC(CCCCCCC)OC2)cc1. The average molecular weight is 373 g/mol. The van der Waals surface area contributed by atoms with Gasteiger partial charge >= 0.3 is 0 Å². The minimum Gasteiger partial charge on any atom is -0.378 e. The minimum absolute atomic E-state index is 0.523. The van der Waals surface area contributed by atoms with E-state index in [1.807, 2.05) is 0 Å². The van der Waals surface area contributed by atoms with Crippen molar-refractivity contribution < 1.29 is 4.74 Å². The molecule has 0 aliphatic carbocycles. The summed E-state index contributed by atoms with van der Waals surface area (Å²) in [5.74, 6) is 0.615. The van der Waals surface area contributed by atoms with E-state index < -0.39 is 0 Å². The van der Waals surface area contributed by atoms with Crippen molar-refractivity contribution in [1.82, 2.24) is 0 Å². The Labute approximate surface area is 169 Å². The first-order valence-electron chi connectivity index (χ1n) is 12.0. The van der Waals surface area contributed by atoms with E-state index in [0.29, 0.717) is 12.0 Å². The molecule has 0 aromatic heterocycles. The monoisotopic (exact) mass is 372 g/mol. The Bertz CT molecular complexity index is 456. The molecule has 2 unspecified atom stereocenters. The highest BCUT2D eigenvalue weighted by Gasteiger charge is 2.22. The second-order valence-corrected chi connectivity index (χ2v) is 8.69. The van der Waals surface area contributed by atoms with Crippen LogP contribution in [0.15, 0.2) is 24.3 Å². The molecule has 1 saturated heterocycles. The van der Waals surface area contributed by atoms with Crippen molar-refractivity contribution in [3.8, 4) is 0 Å². The van der Waals surface area contributed by atoms with Gasteiger partial charge in [0.05, 0.1) is 12.7 Å². The molecule has 1 aliphatic heterocycles. The van der Waals surface area contributed by atoms with Crippen LogP contribution in [0.2, 0.25) is 0 Å². The second-order valence-electron chi connectivity index (χ2n) is 8.69. The lowest BCUT2D eigenvalue weighted by Gasteiger charge is -2.29. The van der Waals surface area contributed by atoms with E-state index >= 15 is 0 Å². The summed E-state index contributed by atoms with van der Waals surface area (Å²) in [7, 11) is 0. The van der Waals surface area contributed by atoms with E-state index in [1.165, 1.54) is 107 Å². The van der Waals surface area contributed by atoms with Crippen molar-refractivity contribution in [2.45, 2.75) is 122 Å². The molecule has 1 heterocycles. The van der Waals surface area contributed by atoms with Crippen LogP contribution in [-0.2, 0) is 11.2 Å². The van der Waals surface area contributed by atoms with Gasteiger partial charge in [0, 0.05) is 5.92 Å². The molecule has 1 aromatic carbocycles. The zero-order chi connectivity index (χ0) is 19.2. The number of ether oxygens (including phenoxy) is 1. The number of hydrogen-bond acceptors (Lipinski definition) is 1. The Morgan fingerprint density at radius 2 is 1.37 bits per heavy atom. The maximum atomic E-state index is 6.19. The van der Waals surface area contributed by atoms with Gasteiger partial charge in [-0.2, -0.15) is 0 Å². The molecule has 0 spiro atoms. The second kappa shape index (κ2) is 14.2. The molecule has 1 nitrogen and oxygen atoms in total. The van der Waals surface area contributed by atoms with Gasteiger partial charge in [-0.1, -0.05) is 102 Å². The Morgan fingerprint density at radius 3 is 2.00 bits per heavy atom. The third kappa shape index (κ3) is 9.28. The summed E-state index contributed by atoms with van der Waals surface area (Å²) in [6.07, 6.45) is 20.7. The van der Waals surface area contributed by atoms with Gasteiger partial charge in [-0.3, -0.25) is 0 Å². The average Bonchev–Trinajstić information content (AvgIpc) is 2.71. The molecule has 0 N–H and O–H groups in total. The van der Waals surface area contributed by atoms with Gasteiger partial charge in [0.2, 0.25) is 0 Å². The highest BCUT2D eigenvalue weighted by molar-refractivity contribution is 5.26. The van der Waals surface area contributed by atoms with Crippen molar-refractivity contribution in [1.29, 1.82) is 0 Å². The molecule has 2 atom stereocenters. The highest BCUT2D eigenvalue weighted by atomic mass is 16.5. The van der Waals surface area contributed by atoms with Gasteiger partial charge < -0.3 is 4.74 Å². The third-order valence-corrected chi connectivity index (χ3v) is 6.27. The quantitative estimate of drug-likeness (QED) is 0.299. The Hall–Kier alpha value is -0.820. The van der Waals surface area contributed by atoms with Crippen LogP contribution in [0.1, 0.15) is 121 Å². The fraction of sp³-hybridized carbons (Fsp3) is 0.769. The summed E-state index contributed by atoms with van der Waals surface area (Å²) >= 11 is 0. The van der Waals surface area contributed by atoms with Crippen LogP contribution in [-0.4, -0.2) is 12.7 Å². The number of benzene rings is 1. The topological polar surface area (TPSA) is 9.23 Å². The van der Waals surface area contributed by atoms with Crippen LogP contribution in [0.5, 0.6) is 0 Å². The van der Waals surface area contributed by atoms with E-state index in [9.17, 15) is 0 Å². The van der Waals surface area contributed by atoms with Gasteiger partial charge in [-0.15, -0.1) is 0 Å². The smallest absolute Gasteiger partial charge is 0.0575 e. The molecule has 1 fully saturated rings. The standard InChI is InChI=1S/C26H44O/c1-3-5-7-9-11-12-14-23-16-18-24(19-17-23)25-20-21-26(27-22-25)15-13-10-8-6-4-2/h16-19,25-26H,3-15,20-22H2,1-2H3. The van der Waals surface area contributed by atoms with E-state index in [-0.39, 0.29) is 0 Å². The van der Waals surface area contributed by atoms with Crippen LogP contribution in [0.25, 0.3) is 0 Å². The molecule has 1 heteroatoms. The summed E-state index contributed by atoms with van der Waals surface area (Å²) in [5.41, 5.74) is 3.00. The molecule has 27 heavy (non-hydrogen) atoms. The molecule has 0 amide bonds. The Morgan fingerprint density at radius 1 is 0.741 bits per heavy atom. The summed E-state index contributed by atoms with van der Waals surface area (Å²) in [4.78, 5) is 0. The van der Waals surface area contributed by atoms with Crippen molar-refractivity contribution in [3.63, 3.8) is 0 Å². The van der Waals surface area contributed by atoms with Crippen molar-refractivity contribution in [2.24, 2.45) is 0 Å². The molecular formula is C26H44O. The lowest BCUT2D eigenvalue weighted by molar-refractivity contribution is -0.00213. The zero-order valence-corrected chi connectivity index (χ0v) is 18.2. The fourth-order valence-corrected chi connectivity index (χ4v) is 4.34. The van der Waals surface area contributed by atoms with Gasteiger partial charge in [-0.25, -0.2) is 0 Å². The first-order chi connectivity index (χ1) is 13.3. The molecule has 2 rings (SSSR count). The molecular weight excluding hydrogens is 328 g/mol. The van der Waals surface area contributed by atoms with Gasteiger partial charge in [0.25, 0.3) is 0 Å². The number of aryl methyl sites for hydroxylation is 1. The first kappa shape index (κ1) is 22.5. The predicted octanol–water partition coefficient (Wildman–Crippen LogP) is 8.21. The van der Waals surface area contributed by atoms with E-state index in [2.05, 4.69) is 38.1 Å². The Balaban J connectivity index is 1.60. The van der Waals surface area contributed by atoms with Crippen LogP contribution in [0.3, 0.4) is 0 Å². The molecule has 1 aromatic rings. The molecule has 1 aliphatic rings. The van der Waals surface area contributed by atoms with E-state index in [4.69, 9.17) is 4.74 Å². The van der Waals surface area contributed by atoms with Crippen molar-refractivity contribution in [3.05, 3.63) is 35.4 Å². The third-order valence-electron chi connectivity index (χ3n) is 6.27. The summed E-state index contributed by atoms with van der Waals surface area (Å²) in [5, 5.41) is 0. The predicted molar refractivity (Wildman–Crippen MR) is 119 cm³/mol. The van der Waals surface area contributed by atoms with Crippen LogP contribution < -0.4 is 0 Å². The molecule has 154 valence electrons. The first-order valence-corrected chi connectivity index (χ1v) is 12.0. The molecule has 0 radical (unpaired) electrons. The van der Waals surface area contributed by atoms with Gasteiger partial charge in [-0.05, 0) is 43.2 Å². The minimum atomic E-state index is 0.523. The number of rotatable bonds is 14. The molecule has 0 saturated carbocycles. The summed E-state index contributed by atoms with van der Waals surface area (Å²) < 4.78 is 6.19. The lowest BCUT2D eigenvalue weighted by Crippen LogP contribution is -2.24. The van der Waals surface area contributed by atoms with Gasteiger partial charge in [0.15, 0.2) is 0 Å². The van der Waals surface area contributed by atoms with E-state index in [0.717, 1.165) is 6.61 Å². The number of hydrogen-bond donors (Lipinski definition) is 0.